The van der Waals surface area contributed by atoms with E-state index in [1.165, 1.54) is 59.1 Å². The van der Waals surface area contributed by atoms with Crippen molar-refractivity contribution in [3.8, 4) is 11.1 Å². The van der Waals surface area contributed by atoms with Crippen LogP contribution < -0.4 is 0 Å². The van der Waals surface area contributed by atoms with Crippen LogP contribution in [0.1, 0.15) is 59.9 Å². The molecule has 148 valence electrons. The SMILES string of the molecule is C=CCCc1ccc(C2CCc3cc(-c4ccc(CCC)cc4)ccc3C2)cc1. The maximum atomic E-state index is 3.82. The lowest BCUT2D eigenvalue weighted by Crippen LogP contribution is -2.13. The second-order valence-electron chi connectivity index (χ2n) is 8.44. The van der Waals surface area contributed by atoms with Gasteiger partial charge in [-0.05, 0) is 83.4 Å². The average Bonchev–Trinajstić information content (AvgIpc) is 2.78. The second kappa shape index (κ2) is 9.27. The van der Waals surface area contributed by atoms with E-state index in [0.29, 0.717) is 5.92 Å². The van der Waals surface area contributed by atoms with Crippen LogP contribution in [0, 0.1) is 0 Å². The smallest absolute Gasteiger partial charge is 0.0118 e. The van der Waals surface area contributed by atoms with Crippen LogP contribution in [0.4, 0.5) is 0 Å². The first-order valence-corrected chi connectivity index (χ1v) is 11.2. The van der Waals surface area contributed by atoms with Crippen LogP contribution in [0.25, 0.3) is 11.1 Å². The Balaban J connectivity index is 1.47. The first kappa shape index (κ1) is 19.7. The number of hydrogen-bond acceptors (Lipinski definition) is 0. The Kier molecular flexibility index (Phi) is 6.30. The first-order chi connectivity index (χ1) is 14.3. The highest BCUT2D eigenvalue weighted by Gasteiger charge is 2.20. The highest BCUT2D eigenvalue weighted by molar-refractivity contribution is 5.65. The van der Waals surface area contributed by atoms with Crippen LogP contribution in [0.5, 0.6) is 0 Å². The lowest BCUT2D eigenvalue weighted by Gasteiger charge is -2.26. The van der Waals surface area contributed by atoms with Crippen molar-refractivity contribution in [2.75, 3.05) is 0 Å². The Labute approximate surface area is 176 Å². The first-order valence-electron chi connectivity index (χ1n) is 11.2. The van der Waals surface area contributed by atoms with E-state index in [1.54, 1.807) is 5.56 Å². The van der Waals surface area contributed by atoms with Gasteiger partial charge in [0.15, 0.2) is 0 Å². The fourth-order valence-corrected chi connectivity index (χ4v) is 4.60. The summed E-state index contributed by atoms with van der Waals surface area (Å²) in [5.41, 5.74) is 10.1. The molecule has 0 radical (unpaired) electrons. The van der Waals surface area contributed by atoms with E-state index in [-0.39, 0.29) is 0 Å². The summed E-state index contributed by atoms with van der Waals surface area (Å²) in [6.45, 7) is 6.06. The Morgan fingerprint density at radius 1 is 0.828 bits per heavy atom. The van der Waals surface area contributed by atoms with Gasteiger partial charge >= 0.3 is 0 Å². The number of allylic oxidation sites excluding steroid dienone is 1. The van der Waals surface area contributed by atoms with E-state index >= 15 is 0 Å². The summed E-state index contributed by atoms with van der Waals surface area (Å²) in [6, 6.07) is 25.6. The number of aryl methyl sites for hydroxylation is 3. The zero-order valence-electron chi connectivity index (χ0n) is 17.7. The molecular weight excluding hydrogens is 348 g/mol. The minimum Gasteiger partial charge on any atom is -0.103 e. The molecule has 0 N–H and O–H groups in total. The summed E-state index contributed by atoms with van der Waals surface area (Å²) in [5.74, 6) is 0.648. The van der Waals surface area contributed by atoms with Crippen molar-refractivity contribution >= 4 is 0 Å². The molecule has 1 unspecified atom stereocenters. The van der Waals surface area contributed by atoms with Crippen LogP contribution >= 0.6 is 0 Å². The van der Waals surface area contributed by atoms with Gasteiger partial charge in [0.25, 0.3) is 0 Å². The van der Waals surface area contributed by atoms with Crippen molar-refractivity contribution in [3.63, 3.8) is 0 Å². The molecule has 0 saturated heterocycles. The lowest BCUT2D eigenvalue weighted by molar-refractivity contribution is 0.585. The molecule has 4 rings (SSSR count). The molecule has 3 aromatic rings. The largest absolute Gasteiger partial charge is 0.103 e. The van der Waals surface area contributed by atoms with E-state index in [9.17, 15) is 0 Å². The maximum absolute atomic E-state index is 3.82. The minimum absolute atomic E-state index is 0.648. The summed E-state index contributed by atoms with van der Waals surface area (Å²) in [7, 11) is 0. The number of rotatable bonds is 7. The van der Waals surface area contributed by atoms with E-state index < -0.39 is 0 Å². The van der Waals surface area contributed by atoms with Gasteiger partial charge in [-0.25, -0.2) is 0 Å². The molecule has 0 saturated carbocycles. The normalized spacial score (nSPS) is 15.7. The summed E-state index contributed by atoms with van der Waals surface area (Å²) in [4.78, 5) is 0. The van der Waals surface area contributed by atoms with Gasteiger partial charge in [0, 0.05) is 0 Å². The Bertz CT molecular complexity index is 944. The fourth-order valence-electron chi connectivity index (χ4n) is 4.60. The van der Waals surface area contributed by atoms with Crippen LogP contribution in [0.3, 0.4) is 0 Å². The molecule has 29 heavy (non-hydrogen) atoms. The van der Waals surface area contributed by atoms with Gasteiger partial charge in [-0.1, -0.05) is 86.2 Å². The van der Waals surface area contributed by atoms with Gasteiger partial charge in [0.2, 0.25) is 0 Å². The van der Waals surface area contributed by atoms with Gasteiger partial charge in [-0.3, -0.25) is 0 Å². The van der Waals surface area contributed by atoms with Crippen LogP contribution in [0.15, 0.2) is 79.4 Å². The molecule has 3 aromatic carbocycles. The molecule has 1 atom stereocenters. The summed E-state index contributed by atoms with van der Waals surface area (Å²) in [6.07, 6.45) is 10.1. The van der Waals surface area contributed by atoms with E-state index in [1.807, 2.05) is 6.08 Å². The molecule has 0 spiro atoms. The van der Waals surface area contributed by atoms with Gasteiger partial charge in [0.05, 0.1) is 0 Å². The number of fused-ring (bicyclic) bond motifs is 1. The fraction of sp³-hybridized carbons (Fsp3) is 0.310. The van der Waals surface area contributed by atoms with Crippen molar-refractivity contribution in [1.82, 2.24) is 0 Å². The van der Waals surface area contributed by atoms with Crippen LogP contribution in [-0.2, 0) is 25.7 Å². The van der Waals surface area contributed by atoms with Crippen molar-refractivity contribution < 1.29 is 0 Å². The quantitative estimate of drug-likeness (QED) is 0.368. The van der Waals surface area contributed by atoms with E-state index in [4.69, 9.17) is 0 Å². The molecule has 1 aliphatic carbocycles. The zero-order chi connectivity index (χ0) is 20.1. The van der Waals surface area contributed by atoms with E-state index in [2.05, 4.69) is 80.2 Å². The molecule has 0 bridgehead atoms. The molecule has 0 heteroatoms. The third kappa shape index (κ3) is 4.70. The molecule has 0 amide bonds. The Morgan fingerprint density at radius 3 is 2.24 bits per heavy atom. The number of hydrogen-bond donors (Lipinski definition) is 0. The Hall–Kier alpha value is -2.60. The molecule has 0 nitrogen and oxygen atoms in total. The van der Waals surface area contributed by atoms with Gasteiger partial charge in [-0.2, -0.15) is 0 Å². The van der Waals surface area contributed by atoms with Crippen LogP contribution in [-0.4, -0.2) is 0 Å². The van der Waals surface area contributed by atoms with Crippen LogP contribution in [0.2, 0.25) is 0 Å². The zero-order valence-corrected chi connectivity index (χ0v) is 17.7. The molecule has 1 aliphatic rings. The average molecular weight is 381 g/mol. The summed E-state index contributed by atoms with van der Waals surface area (Å²) >= 11 is 0. The molecule has 0 aliphatic heterocycles. The highest BCUT2D eigenvalue weighted by atomic mass is 14.2. The molecule has 0 heterocycles. The topological polar surface area (TPSA) is 0 Å². The van der Waals surface area contributed by atoms with Crippen molar-refractivity contribution in [2.24, 2.45) is 0 Å². The number of benzene rings is 3. The predicted molar refractivity (Wildman–Crippen MR) is 126 cm³/mol. The van der Waals surface area contributed by atoms with Gasteiger partial charge in [-0.15, -0.1) is 6.58 Å². The maximum Gasteiger partial charge on any atom is -0.0118 e. The highest BCUT2D eigenvalue weighted by Crippen LogP contribution is 2.35. The van der Waals surface area contributed by atoms with E-state index in [0.717, 1.165) is 19.3 Å². The van der Waals surface area contributed by atoms with Crippen molar-refractivity contribution in [2.45, 2.75) is 57.8 Å². The summed E-state index contributed by atoms with van der Waals surface area (Å²) in [5, 5.41) is 0. The van der Waals surface area contributed by atoms with Crippen molar-refractivity contribution in [1.29, 1.82) is 0 Å². The standard InChI is InChI=1S/C29H32/c1-3-5-7-23-10-14-25(15-11-23)27-17-19-28-20-26(16-18-29(28)21-27)24-12-8-22(6-4-2)9-13-24/h3,8-16,18,20,27H,1,4-7,17,19,21H2,2H3. The Morgan fingerprint density at radius 2 is 1.52 bits per heavy atom. The van der Waals surface area contributed by atoms with Gasteiger partial charge in [0.1, 0.15) is 0 Å². The third-order valence-electron chi connectivity index (χ3n) is 6.35. The van der Waals surface area contributed by atoms with Crippen molar-refractivity contribution in [3.05, 3.63) is 107 Å². The summed E-state index contributed by atoms with van der Waals surface area (Å²) < 4.78 is 0. The predicted octanol–water partition coefficient (Wildman–Crippen LogP) is 7.70. The third-order valence-corrected chi connectivity index (χ3v) is 6.35. The lowest BCUT2D eigenvalue weighted by atomic mass is 9.79. The molecule has 0 aromatic heterocycles. The molecular formula is C29H32. The second-order valence-corrected chi connectivity index (χ2v) is 8.44. The minimum atomic E-state index is 0.648. The van der Waals surface area contributed by atoms with Gasteiger partial charge < -0.3 is 0 Å². The monoisotopic (exact) mass is 380 g/mol. The molecule has 0 fully saturated rings.